The zero-order chi connectivity index (χ0) is 14.0. The van der Waals surface area contributed by atoms with Crippen molar-refractivity contribution in [2.45, 2.75) is 41.0 Å². The first kappa shape index (κ1) is 17.6. The molecule has 0 aromatic rings. The van der Waals surface area contributed by atoms with Gasteiger partial charge in [-0.05, 0) is 50.8 Å². The molecule has 4 heteroatoms. The fraction of sp³-hybridized carbons (Fsp3) is 0.714. The number of hydrogen-bond acceptors (Lipinski definition) is 3. The van der Waals surface area contributed by atoms with Gasteiger partial charge in [0, 0.05) is 7.11 Å². The second-order valence-electron chi connectivity index (χ2n) is 4.33. The summed E-state index contributed by atoms with van der Waals surface area (Å²) in [6.07, 6.45) is 1.70. The Kier molecular flexibility index (Phi) is 10.2. The van der Waals surface area contributed by atoms with E-state index < -0.39 is 0 Å². The Morgan fingerprint density at radius 1 is 0.944 bits per heavy atom. The first-order chi connectivity index (χ1) is 8.54. The molecule has 0 amide bonds. The lowest BCUT2D eigenvalue weighted by molar-refractivity contribution is -0.0317. The molecule has 0 aliphatic carbocycles. The van der Waals surface area contributed by atoms with E-state index in [0.717, 1.165) is 6.42 Å². The van der Waals surface area contributed by atoms with Gasteiger partial charge in [0.25, 0.3) is 9.76 Å². The average molecular weight is 270 g/mol. The van der Waals surface area contributed by atoms with Gasteiger partial charge >= 0.3 is 0 Å². The van der Waals surface area contributed by atoms with Crippen LogP contribution in [0.3, 0.4) is 0 Å². The van der Waals surface area contributed by atoms with Crippen molar-refractivity contribution in [3.63, 3.8) is 0 Å². The molecular weight excluding hydrogens is 244 g/mol. The topological polar surface area (TPSA) is 27.7 Å². The van der Waals surface area contributed by atoms with Crippen molar-refractivity contribution in [1.29, 1.82) is 0 Å². The number of allylic oxidation sites excluding steroid dienone is 3. The maximum Gasteiger partial charge on any atom is 0.257 e. The standard InChI is InChI=1S/C14H26O3Si/c1-7-11(2)13(4)14(5)12(3)8-16-9-17-10-18-15-6/h7-10H2,1-6H3. The largest absolute Gasteiger partial charge is 0.418 e. The summed E-state index contributed by atoms with van der Waals surface area (Å²) in [4.78, 5) is 0. The molecule has 0 fully saturated rings. The van der Waals surface area contributed by atoms with Gasteiger partial charge in [0.05, 0.1) is 12.8 Å². The highest BCUT2D eigenvalue weighted by molar-refractivity contribution is 6.26. The van der Waals surface area contributed by atoms with Crippen molar-refractivity contribution in [2.75, 3.05) is 26.7 Å². The Morgan fingerprint density at radius 3 is 2.11 bits per heavy atom. The Balaban J connectivity index is 4.10. The minimum Gasteiger partial charge on any atom is -0.418 e. The summed E-state index contributed by atoms with van der Waals surface area (Å²) in [7, 11) is 2.06. The van der Waals surface area contributed by atoms with E-state index in [2.05, 4.69) is 34.6 Å². The molecule has 0 saturated heterocycles. The molecule has 0 N–H and O–H groups in total. The van der Waals surface area contributed by atoms with Crippen molar-refractivity contribution in [2.24, 2.45) is 0 Å². The van der Waals surface area contributed by atoms with Gasteiger partial charge in [0.1, 0.15) is 6.79 Å². The van der Waals surface area contributed by atoms with Crippen LogP contribution in [-0.2, 0) is 13.9 Å². The number of hydrogen-bond donors (Lipinski definition) is 0. The van der Waals surface area contributed by atoms with E-state index in [1.54, 1.807) is 7.11 Å². The van der Waals surface area contributed by atoms with Crippen LogP contribution < -0.4 is 0 Å². The highest BCUT2D eigenvalue weighted by Gasteiger charge is 2.02. The normalized spacial score (nSPS) is 14.3. The summed E-state index contributed by atoms with van der Waals surface area (Å²) in [6.45, 7) is 11.8. The second-order valence-corrected chi connectivity index (χ2v) is 5.31. The van der Waals surface area contributed by atoms with Gasteiger partial charge in [0.2, 0.25) is 0 Å². The van der Waals surface area contributed by atoms with E-state index in [0.29, 0.717) is 29.4 Å². The van der Waals surface area contributed by atoms with Gasteiger partial charge < -0.3 is 13.9 Å². The first-order valence-corrected chi connectivity index (χ1v) is 7.40. The lowest BCUT2D eigenvalue weighted by atomic mass is 9.98. The number of rotatable bonds is 9. The maximum absolute atomic E-state index is 5.47. The van der Waals surface area contributed by atoms with Gasteiger partial charge in [-0.2, -0.15) is 0 Å². The molecule has 3 nitrogen and oxygen atoms in total. The molecular formula is C14H26O3Si. The molecule has 0 rings (SSSR count). The molecule has 0 aliphatic rings. The minimum absolute atomic E-state index is 0.330. The SMILES string of the molecule is CCC(C)=C(C)C(C)=C(C)COCOC[Si]OC. The predicted molar refractivity (Wildman–Crippen MR) is 76.6 cm³/mol. The molecule has 0 heterocycles. The maximum atomic E-state index is 5.47. The summed E-state index contributed by atoms with van der Waals surface area (Å²) >= 11 is 0. The summed E-state index contributed by atoms with van der Waals surface area (Å²) in [5.41, 5.74) is 5.40. The molecule has 0 atom stereocenters. The molecule has 104 valence electrons. The van der Waals surface area contributed by atoms with Crippen LogP contribution in [0.4, 0.5) is 0 Å². The third-order valence-corrected chi connectivity index (χ3v) is 3.77. The summed E-state index contributed by atoms with van der Waals surface area (Å²) in [6, 6.07) is 0. The van der Waals surface area contributed by atoms with Gasteiger partial charge in [-0.25, -0.2) is 0 Å². The Labute approximate surface area is 114 Å². The van der Waals surface area contributed by atoms with Crippen molar-refractivity contribution in [1.82, 2.24) is 0 Å². The van der Waals surface area contributed by atoms with Crippen LogP contribution >= 0.6 is 0 Å². The summed E-state index contributed by atoms with van der Waals surface area (Å²) in [5, 5.41) is 0. The predicted octanol–water partition coefficient (Wildman–Crippen LogP) is 3.28. The van der Waals surface area contributed by atoms with Crippen LogP contribution in [0, 0.1) is 0 Å². The molecule has 0 aliphatic heterocycles. The molecule has 2 radical (unpaired) electrons. The lowest BCUT2D eigenvalue weighted by Crippen LogP contribution is -2.10. The Bertz CT molecular complexity index is 295. The number of ether oxygens (including phenoxy) is 2. The van der Waals surface area contributed by atoms with E-state index in [1.165, 1.54) is 22.3 Å². The van der Waals surface area contributed by atoms with Crippen molar-refractivity contribution in [3.05, 3.63) is 22.3 Å². The van der Waals surface area contributed by atoms with Crippen LogP contribution in [0.2, 0.25) is 0 Å². The molecule has 0 unspecified atom stereocenters. The average Bonchev–Trinajstić information content (AvgIpc) is 2.39. The molecule has 0 saturated carbocycles. The third kappa shape index (κ3) is 7.11. The van der Waals surface area contributed by atoms with Crippen LogP contribution in [0.25, 0.3) is 0 Å². The van der Waals surface area contributed by atoms with Crippen LogP contribution in [0.5, 0.6) is 0 Å². The molecule has 0 aromatic carbocycles. The van der Waals surface area contributed by atoms with Gasteiger partial charge in [0.15, 0.2) is 0 Å². The molecule has 0 aromatic heterocycles. The fourth-order valence-electron chi connectivity index (χ4n) is 1.41. The fourth-order valence-corrected chi connectivity index (χ4v) is 1.69. The minimum atomic E-state index is 0.330. The summed E-state index contributed by atoms with van der Waals surface area (Å²) < 4.78 is 15.6. The van der Waals surface area contributed by atoms with E-state index >= 15 is 0 Å². The second kappa shape index (κ2) is 10.5. The third-order valence-electron chi connectivity index (χ3n) is 3.16. The van der Waals surface area contributed by atoms with Crippen LogP contribution in [0.15, 0.2) is 22.3 Å². The van der Waals surface area contributed by atoms with Crippen molar-refractivity contribution in [3.8, 4) is 0 Å². The smallest absolute Gasteiger partial charge is 0.257 e. The first-order valence-electron chi connectivity index (χ1n) is 6.28. The van der Waals surface area contributed by atoms with Crippen molar-refractivity contribution < 1.29 is 13.9 Å². The zero-order valence-electron chi connectivity index (χ0n) is 12.6. The van der Waals surface area contributed by atoms with Crippen molar-refractivity contribution >= 4 is 9.76 Å². The lowest BCUT2D eigenvalue weighted by Gasteiger charge is -2.12. The van der Waals surface area contributed by atoms with E-state index in [1.807, 2.05) is 0 Å². The molecule has 0 spiro atoms. The monoisotopic (exact) mass is 270 g/mol. The van der Waals surface area contributed by atoms with Gasteiger partial charge in [-0.3, -0.25) is 0 Å². The summed E-state index contributed by atoms with van der Waals surface area (Å²) in [5.74, 6) is 0. The van der Waals surface area contributed by atoms with E-state index in [-0.39, 0.29) is 0 Å². The highest BCUT2D eigenvalue weighted by atomic mass is 28.2. The quantitative estimate of drug-likeness (QED) is 0.278. The van der Waals surface area contributed by atoms with Gasteiger partial charge in [-0.15, -0.1) is 0 Å². The van der Waals surface area contributed by atoms with Crippen LogP contribution in [-0.4, -0.2) is 36.5 Å². The van der Waals surface area contributed by atoms with E-state index in [4.69, 9.17) is 13.9 Å². The van der Waals surface area contributed by atoms with Gasteiger partial charge in [-0.1, -0.05) is 12.5 Å². The molecule has 0 bridgehead atoms. The zero-order valence-corrected chi connectivity index (χ0v) is 13.6. The Hall–Kier alpha value is -0.423. The van der Waals surface area contributed by atoms with E-state index in [9.17, 15) is 0 Å². The van der Waals surface area contributed by atoms with Crippen LogP contribution in [0.1, 0.15) is 41.0 Å². The Morgan fingerprint density at radius 2 is 1.56 bits per heavy atom. The highest BCUT2D eigenvalue weighted by Crippen LogP contribution is 2.19. The molecule has 18 heavy (non-hydrogen) atoms.